The van der Waals surface area contributed by atoms with E-state index in [9.17, 15) is 4.79 Å². The molecule has 0 heterocycles. The highest BCUT2D eigenvalue weighted by Gasteiger charge is 2.41. The van der Waals surface area contributed by atoms with E-state index in [4.69, 9.17) is 9.47 Å². The van der Waals surface area contributed by atoms with Crippen LogP contribution in [0.4, 0.5) is 5.69 Å². The van der Waals surface area contributed by atoms with Crippen LogP contribution in [-0.4, -0.2) is 19.0 Å². The first kappa shape index (κ1) is 19.2. The first-order chi connectivity index (χ1) is 14.7. The zero-order chi connectivity index (χ0) is 20.5. The lowest BCUT2D eigenvalue weighted by molar-refractivity contribution is -0.114. The Morgan fingerprint density at radius 3 is 2.53 bits per heavy atom. The zero-order valence-corrected chi connectivity index (χ0v) is 17.5. The summed E-state index contributed by atoms with van der Waals surface area (Å²) in [6.45, 7) is 0.722. The highest BCUT2D eigenvalue weighted by atomic mass is 16.5. The van der Waals surface area contributed by atoms with Gasteiger partial charge < -0.3 is 14.4 Å². The van der Waals surface area contributed by atoms with Crippen LogP contribution in [0.1, 0.15) is 44.1 Å². The van der Waals surface area contributed by atoms with Gasteiger partial charge in [-0.25, -0.2) is 0 Å². The van der Waals surface area contributed by atoms with E-state index in [0.717, 1.165) is 48.2 Å². The fourth-order valence-corrected chi connectivity index (χ4v) is 5.34. The lowest BCUT2D eigenvalue weighted by Gasteiger charge is -2.28. The molecule has 0 N–H and O–H groups in total. The number of carbonyl (C=O) groups excluding carboxylic acids is 1. The molecule has 2 aromatic rings. The summed E-state index contributed by atoms with van der Waals surface area (Å²) in [5, 5.41) is 0. The van der Waals surface area contributed by atoms with E-state index >= 15 is 0 Å². The second-order valence-electron chi connectivity index (χ2n) is 8.84. The molecule has 156 valence electrons. The normalized spacial score (nSPS) is 24.8. The van der Waals surface area contributed by atoms with Crippen molar-refractivity contribution in [3.05, 3.63) is 65.9 Å². The van der Waals surface area contributed by atoms with Gasteiger partial charge in [-0.3, -0.25) is 4.79 Å². The monoisotopic (exact) mass is 403 g/mol. The molecule has 2 fully saturated rings. The first-order valence-corrected chi connectivity index (χ1v) is 11.1. The van der Waals surface area contributed by atoms with Crippen molar-refractivity contribution in [3.63, 3.8) is 0 Å². The van der Waals surface area contributed by atoms with Gasteiger partial charge in [0.05, 0.1) is 7.11 Å². The molecular weight excluding hydrogens is 374 g/mol. The maximum Gasteiger partial charge on any atom is 0.163 e. The molecule has 0 radical (unpaired) electrons. The minimum atomic E-state index is 0.204. The molecule has 0 spiro atoms. The van der Waals surface area contributed by atoms with Gasteiger partial charge in [0.1, 0.15) is 6.10 Å². The molecule has 0 amide bonds. The summed E-state index contributed by atoms with van der Waals surface area (Å²) in [4.78, 5) is 14.2. The third-order valence-electron chi connectivity index (χ3n) is 6.90. The summed E-state index contributed by atoms with van der Waals surface area (Å²) in [7, 11) is 1.70. The van der Waals surface area contributed by atoms with E-state index in [2.05, 4.69) is 41.3 Å². The number of allylic oxidation sites excluding steroid dienone is 2. The number of hydrogen-bond donors (Lipinski definition) is 0. The molecule has 4 heteroatoms. The van der Waals surface area contributed by atoms with Gasteiger partial charge in [0.15, 0.2) is 17.3 Å². The summed E-state index contributed by atoms with van der Waals surface area (Å²) in [6, 6.07) is 16.5. The summed E-state index contributed by atoms with van der Waals surface area (Å²) in [6.07, 6.45) is 8.56. The van der Waals surface area contributed by atoms with Crippen molar-refractivity contribution in [2.75, 3.05) is 12.0 Å². The molecule has 2 bridgehead atoms. The van der Waals surface area contributed by atoms with Crippen LogP contribution < -0.4 is 14.4 Å². The van der Waals surface area contributed by atoms with E-state index in [1.807, 2.05) is 12.1 Å². The van der Waals surface area contributed by atoms with Crippen LogP contribution in [0.3, 0.4) is 0 Å². The van der Waals surface area contributed by atoms with Gasteiger partial charge >= 0.3 is 0 Å². The number of hydrogen-bond acceptors (Lipinski definition) is 4. The minimum absolute atomic E-state index is 0.204. The Morgan fingerprint density at radius 2 is 1.87 bits per heavy atom. The largest absolute Gasteiger partial charge is 0.493 e. The molecule has 30 heavy (non-hydrogen) atoms. The molecule has 3 atom stereocenters. The molecule has 3 unspecified atom stereocenters. The second kappa shape index (κ2) is 8.17. The maximum atomic E-state index is 12.0. The van der Waals surface area contributed by atoms with Gasteiger partial charge in [-0.15, -0.1) is 0 Å². The number of ether oxygens (including phenoxy) is 2. The highest BCUT2D eigenvalue weighted by molar-refractivity contribution is 5.93. The standard InChI is InChI=1S/C26H29NO3/c1-29-24-12-10-22(16-26(24)30-25-14-19-7-8-20(25)13-19)27(21-9-11-23(28)15-21)17-18-5-3-2-4-6-18/h2-6,10,12,15-16,19-20,25H,7-9,11,13-14,17H2,1H3. The Kier molecular flexibility index (Phi) is 5.24. The van der Waals surface area contributed by atoms with Crippen molar-refractivity contribution >= 4 is 11.5 Å². The predicted octanol–water partition coefficient (Wildman–Crippen LogP) is 5.52. The van der Waals surface area contributed by atoms with Crippen LogP contribution in [0.15, 0.2) is 60.3 Å². The van der Waals surface area contributed by atoms with Crippen molar-refractivity contribution in [1.29, 1.82) is 0 Å². The van der Waals surface area contributed by atoms with Crippen molar-refractivity contribution in [2.24, 2.45) is 11.8 Å². The van der Waals surface area contributed by atoms with Crippen LogP contribution in [0.25, 0.3) is 0 Å². The predicted molar refractivity (Wildman–Crippen MR) is 118 cm³/mol. The molecule has 4 nitrogen and oxygen atoms in total. The number of benzene rings is 2. The van der Waals surface area contributed by atoms with Crippen LogP contribution in [0.2, 0.25) is 0 Å². The lowest BCUT2D eigenvalue weighted by atomic mass is 9.98. The number of nitrogens with zero attached hydrogens (tertiary/aromatic N) is 1. The van der Waals surface area contributed by atoms with Crippen LogP contribution in [-0.2, 0) is 11.3 Å². The summed E-state index contributed by atoms with van der Waals surface area (Å²) < 4.78 is 12.1. The Hall–Kier alpha value is -2.75. The van der Waals surface area contributed by atoms with Gasteiger partial charge in [0.25, 0.3) is 0 Å². The molecule has 3 aliphatic carbocycles. The molecular formula is C26H29NO3. The number of rotatable bonds is 7. The van der Waals surface area contributed by atoms with E-state index < -0.39 is 0 Å². The number of carbonyl (C=O) groups is 1. The third-order valence-corrected chi connectivity index (χ3v) is 6.90. The third kappa shape index (κ3) is 3.83. The van der Waals surface area contributed by atoms with Gasteiger partial charge in [-0.2, -0.15) is 0 Å². The van der Waals surface area contributed by atoms with Crippen LogP contribution >= 0.6 is 0 Å². The Labute approximate surface area is 178 Å². The number of anilines is 1. The van der Waals surface area contributed by atoms with Crippen molar-refractivity contribution in [3.8, 4) is 11.5 Å². The Balaban J connectivity index is 1.46. The molecule has 2 saturated carbocycles. The van der Waals surface area contributed by atoms with Gasteiger partial charge in [0.2, 0.25) is 0 Å². The van der Waals surface area contributed by atoms with Gasteiger partial charge in [-0.1, -0.05) is 30.3 Å². The second-order valence-corrected chi connectivity index (χ2v) is 8.84. The molecule has 5 rings (SSSR count). The maximum absolute atomic E-state index is 12.0. The van der Waals surface area contributed by atoms with Crippen molar-refractivity contribution in [1.82, 2.24) is 0 Å². The molecule has 3 aliphatic rings. The molecule has 0 saturated heterocycles. The molecule has 2 aromatic carbocycles. The number of ketones is 1. The summed E-state index contributed by atoms with van der Waals surface area (Å²) in [5.74, 6) is 3.31. The average molecular weight is 404 g/mol. The fourth-order valence-electron chi connectivity index (χ4n) is 5.34. The summed E-state index contributed by atoms with van der Waals surface area (Å²) >= 11 is 0. The Bertz CT molecular complexity index is 952. The quantitative estimate of drug-likeness (QED) is 0.610. The van der Waals surface area contributed by atoms with E-state index in [-0.39, 0.29) is 5.78 Å². The van der Waals surface area contributed by atoms with E-state index in [1.54, 1.807) is 13.2 Å². The highest BCUT2D eigenvalue weighted by Crippen LogP contribution is 2.47. The van der Waals surface area contributed by atoms with Crippen LogP contribution in [0, 0.1) is 11.8 Å². The smallest absolute Gasteiger partial charge is 0.163 e. The van der Waals surface area contributed by atoms with Gasteiger partial charge in [0, 0.05) is 36.5 Å². The SMILES string of the molecule is COc1ccc(N(Cc2ccccc2)C2=CC(=O)CC2)cc1OC1CC2CCC1C2. The zero-order valence-electron chi connectivity index (χ0n) is 17.5. The summed E-state index contributed by atoms with van der Waals surface area (Å²) in [5.41, 5.74) is 3.32. The van der Waals surface area contributed by atoms with Crippen LogP contribution in [0.5, 0.6) is 11.5 Å². The molecule has 0 aliphatic heterocycles. The lowest BCUT2D eigenvalue weighted by Crippen LogP contribution is -2.24. The van der Waals surface area contributed by atoms with E-state index in [1.165, 1.54) is 24.8 Å². The number of fused-ring (bicyclic) bond motifs is 2. The number of methoxy groups -OCH3 is 1. The van der Waals surface area contributed by atoms with Crippen molar-refractivity contribution < 1.29 is 14.3 Å². The van der Waals surface area contributed by atoms with E-state index in [0.29, 0.717) is 18.4 Å². The first-order valence-electron chi connectivity index (χ1n) is 11.1. The van der Waals surface area contributed by atoms with Crippen molar-refractivity contribution in [2.45, 2.75) is 51.2 Å². The average Bonchev–Trinajstić information content (AvgIpc) is 3.50. The Morgan fingerprint density at radius 1 is 1.00 bits per heavy atom. The fraction of sp³-hybridized carbons (Fsp3) is 0.423. The topological polar surface area (TPSA) is 38.8 Å². The minimum Gasteiger partial charge on any atom is -0.493 e. The van der Waals surface area contributed by atoms with Gasteiger partial charge in [-0.05, 0) is 61.6 Å². The molecule has 0 aromatic heterocycles.